The van der Waals surface area contributed by atoms with Gasteiger partial charge < -0.3 is 19.7 Å². The van der Waals surface area contributed by atoms with Crippen molar-refractivity contribution in [2.75, 3.05) is 31.6 Å². The van der Waals surface area contributed by atoms with Crippen LogP contribution in [0.25, 0.3) is 11.0 Å². The summed E-state index contributed by atoms with van der Waals surface area (Å²) in [6.07, 6.45) is 1.71. The maximum atomic E-state index is 11.8. The first-order chi connectivity index (χ1) is 14.1. The lowest BCUT2D eigenvalue weighted by atomic mass is 10.2. The predicted molar refractivity (Wildman–Crippen MR) is 105 cm³/mol. The highest BCUT2D eigenvalue weighted by Gasteiger charge is 2.26. The van der Waals surface area contributed by atoms with Crippen LogP contribution in [0.3, 0.4) is 0 Å². The van der Waals surface area contributed by atoms with E-state index in [0.29, 0.717) is 24.6 Å². The second-order valence-corrected chi connectivity index (χ2v) is 6.45. The summed E-state index contributed by atoms with van der Waals surface area (Å²) in [4.78, 5) is 44.3. The summed E-state index contributed by atoms with van der Waals surface area (Å²) in [7, 11) is 0. The third-order valence-corrected chi connectivity index (χ3v) is 4.68. The van der Waals surface area contributed by atoms with Gasteiger partial charge in [-0.2, -0.15) is 9.88 Å². The van der Waals surface area contributed by atoms with Crippen LogP contribution in [-0.2, 0) is 19.3 Å². The molecule has 0 aliphatic carbocycles. The van der Waals surface area contributed by atoms with Crippen LogP contribution in [0.1, 0.15) is 6.92 Å². The smallest absolute Gasteiger partial charge is 0.432 e. The van der Waals surface area contributed by atoms with Gasteiger partial charge in [-0.05, 0) is 35.0 Å². The van der Waals surface area contributed by atoms with Gasteiger partial charge in [-0.1, -0.05) is 0 Å². The van der Waals surface area contributed by atoms with Crippen LogP contribution in [0.2, 0.25) is 0 Å². The zero-order chi connectivity index (χ0) is 20.6. The number of benzene rings is 1. The van der Waals surface area contributed by atoms with Crippen molar-refractivity contribution in [1.82, 2.24) is 14.9 Å². The Kier molecular flexibility index (Phi) is 7.08. The van der Waals surface area contributed by atoms with Crippen LogP contribution in [0.15, 0.2) is 39.3 Å². The fourth-order valence-corrected chi connectivity index (χ4v) is 3.14. The first-order valence-corrected chi connectivity index (χ1v) is 9.31. The summed E-state index contributed by atoms with van der Waals surface area (Å²) in [6.45, 7) is 2.47. The Hall–Kier alpha value is -3.06. The molecule has 1 aliphatic rings. The number of hydrogen-bond acceptors (Lipinski definition) is 12. The van der Waals surface area contributed by atoms with Crippen molar-refractivity contribution in [3.05, 3.63) is 33.9 Å². The van der Waals surface area contributed by atoms with Crippen LogP contribution in [0, 0.1) is 4.91 Å². The lowest BCUT2D eigenvalue weighted by Crippen LogP contribution is -2.42. The zero-order valence-corrected chi connectivity index (χ0v) is 16.9. The molecule has 0 saturated heterocycles. The molecule has 0 amide bonds. The molecule has 2 aromatic rings. The van der Waals surface area contributed by atoms with Gasteiger partial charge in [0.1, 0.15) is 18.7 Å². The topological polar surface area (TPSA) is 137 Å². The molecule has 12 nitrogen and oxygen atoms in total. The highest BCUT2D eigenvalue weighted by atomic mass is 79.9. The molecule has 0 spiro atoms. The molecule has 0 bridgehead atoms. The average molecular weight is 469 g/mol. The van der Waals surface area contributed by atoms with Gasteiger partial charge in [0.05, 0.1) is 22.2 Å². The van der Waals surface area contributed by atoms with E-state index in [2.05, 4.69) is 46.1 Å². The molecule has 1 unspecified atom stereocenters. The van der Waals surface area contributed by atoms with Crippen molar-refractivity contribution in [2.24, 2.45) is 10.3 Å². The van der Waals surface area contributed by atoms with E-state index in [9.17, 15) is 9.70 Å². The summed E-state index contributed by atoms with van der Waals surface area (Å²) >= 11 is 3.54. The van der Waals surface area contributed by atoms with Crippen molar-refractivity contribution < 1.29 is 24.1 Å². The fraction of sp³-hybridized carbons (Fsp3) is 0.375. The van der Waals surface area contributed by atoms with Crippen LogP contribution in [0.4, 0.5) is 10.5 Å². The minimum Gasteiger partial charge on any atom is -0.432 e. The molecule has 154 valence electrons. The van der Waals surface area contributed by atoms with Gasteiger partial charge in [0.25, 0.3) is 0 Å². The van der Waals surface area contributed by atoms with E-state index in [-0.39, 0.29) is 13.2 Å². The number of halogens is 1. The second-order valence-electron chi connectivity index (χ2n) is 5.66. The summed E-state index contributed by atoms with van der Waals surface area (Å²) in [5.41, 5.74) is 2.22. The zero-order valence-electron chi connectivity index (χ0n) is 15.3. The molecule has 1 atom stereocenters. The number of fused-ring (bicyclic) bond motifs is 1. The first kappa shape index (κ1) is 20.7. The summed E-state index contributed by atoms with van der Waals surface area (Å²) < 4.78 is 10.8. The molecule has 0 saturated carbocycles. The average Bonchev–Trinajstić information content (AvgIpc) is 3.18. The van der Waals surface area contributed by atoms with E-state index >= 15 is 0 Å². The SMILES string of the molecule is CC(OC(=O)OCCOON=O)N1CCN=C1Nc1ccc2nccnc2c1Br. The largest absolute Gasteiger partial charge is 0.510 e. The highest BCUT2D eigenvalue weighted by molar-refractivity contribution is 9.10. The Bertz CT molecular complexity index is 913. The maximum absolute atomic E-state index is 11.8. The third kappa shape index (κ3) is 5.26. The van der Waals surface area contributed by atoms with E-state index in [1.54, 1.807) is 24.2 Å². The Morgan fingerprint density at radius 1 is 1.34 bits per heavy atom. The van der Waals surface area contributed by atoms with Crippen molar-refractivity contribution in [1.29, 1.82) is 0 Å². The van der Waals surface area contributed by atoms with E-state index in [1.807, 2.05) is 17.5 Å². The lowest BCUT2D eigenvalue weighted by molar-refractivity contribution is -0.300. The van der Waals surface area contributed by atoms with Gasteiger partial charge in [0, 0.05) is 18.9 Å². The number of carbonyl (C=O) groups is 1. The highest BCUT2D eigenvalue weighted by Crippen LogP contribution is 2.29. The number of aromatic nitrogens is 2. The first-order valence-electron chi connectivity index (χ1n) is 8.52. The molecule has 13 heteroatoms. The van der Waals surface area contributed by atoms with Gasteiger partial charge in [-0.15, -0.1) is 4.91 Å². The normalized spacial score (nSPS) is 14.3. The molecular formula is C16H17BrN6O6. The molecular weight excluding hydrogens is 452 g/mol. The molecule has 1 aromatic carbocycles. The Morgan fingerprint density at radius 3 is 3.00 bits per heavy atom. The summed E-state index contributed by atoms with van der Waals surface area (Å²) in [6, 6.07) is 3.70. The van der Waals surface area contributed by atoms with Gasteiger partial charge in [-0.3, -0.25) is 15.0 Å². The molecule has 1 N–H and O–H groups in total. The minimum atomic E-state index is -0.895. The third-order valence-electron chi connectivity index (χ3n) is 3.88. The molecule has 1 aromatic heterocycles. The minimum absolute atomic E-state index is 0.161. The van der Waals surface area contributed by atoms with Crippen molar-refractivity contribution in [3.63, 3.8) is 0 Å². The molecule has 3 rings (SSSR count). The Balaban J connectivity index is 1.58. The molecule has 29 heavy (non-hydrogen) atoms. The number of nitrogens with one attached hydrogen (secondary N) is 1. The van der Waals surface area contributed by atoms with E-state index in [4.69, 9.17) is 9.47 Å². The van der Waals surface area contributed by atoms with Gasteiger partial charge >= 0.3 is 6.16 Å². The van der Waals surface area contributed by atoms with Gasteiger partial charge in [0.15, 0.2) is 11.6 Å². The van der Waals surface area contributed by atoms with Crippen LogP contribution in [-0.4, -0.2) is 59.5 Å². The number of nitrogens with zero attached hydrogens (tertiary/aromatic N) is 5. The summed E-state index contributed by atoms with van der Waals surface area (Å²) in [5, 5.41) is 5.26. The van der Waals surface area contributed by atoms with Crippen LogP contribution in [0.5, 0.6) is 0 Å². The number of ether oxygens (including phenoxy) is 2. The fourth-order valence-electron chi connectivity index (χ4n) is 2.60. The number of hydrogen-bond donors (Lipinski definition) is 1. The molecule has 1 aliphatic heterocycles. The van der Waals surface area contributed by atoms with Crippen LogP contribution < -0.4 is 5.32 Å². The van der Waals surface area contributed by atoms with Crippen molar-refractivity contribution >= 4 is 44.8 Å². The standard InChI is InChI=1S/C16H17BrN6O6/c1-10(28-16(24)26-8-9-27-29-22-25)23-7-6-20-15(23)21-11-2-3-12-14(13(11)17)19-5-4-18-12/h2-5,10H,6-9H2,1H3,(H,20,21). The Morgan fingerprint density at radius 2 is 2.17 bits per heavy atom. The van der Waals surface area contributed by atoms with Crippen LogP contribution >= 0.6 is 15.9 Å². The number of aliphatic imine (C=N–C) groups is 1. The van der Waals surface area contributed by atoms with E-state index in [1.165, 1.54) is 0 Å². The second kappa shape index (κ2) is 9.93. The summed E-state index contributed by atoms with van der Waals surface area (Å²) in [5.74, 6) is 0.544. The molecule has 0 radical (unpaired) electrons. The van der Waals surface area contributed by atoms with Crippen molar-refractivity contribution in [3.8, 4) is 0 Å². The number of anilines is 1. The van der Waals surface area contributed by atoms with E-state index < -0.39 is 12.4 Å². The number of carbonyl (C=O) groups excluding carboxylic acids is 1. The molecule has 2 heterocycles. The lowest BCUT2D eigenvalue weighted by Gasteiger charge is -2.27. The quantitative estimate of drug-likeness (QED) is 0.202. The predicted octanol–water partition coefficient (Wildman–Crippen LogP) is 2.60. The number of guanidine groups is 1. The van der Waals surface area contributed by atoms with E-state index in [0.717, 1.165) is 15.7 Å². The Labute approximate surface area is 173 Å². The van der Waals surface area contributed by atoms with Gasteiger partial charge in [-0.25, -0.2) is 4.79 Å². The van der Waals surface area contributed by atoms with Gasteiger partial charge in [0.2, 0.25) is 5.96 Å². The molecule has 0 fully saturated rings. The van der Waals surface area contributed by atoms with Crippen molar-refractivity contribution in [2.45, 2.75) is 13.2 Å². The number of rotatable bonds is 8. The monoisotopic (exact) mass is 468 g/mol. The maximum Gasteiger partial charge on any atom is 0.510 e.